The minimum absolute atomic E-state index is 0.0119. The monoisotopic (exact) mass is 287 g/mol. The molecule has 0 saturated carbocycles. The first-order chi connectivity index (χ1) is 8.61. The maximum absolute atomic E-state index is 13.3. The molecule has 3 nitrogen and oxygen atoms in total. The molecule has 0 aliphatic carbocycles. The van der Waals surface area contributed by atoms with Crippen molar-refractivity contribution in [3.63, 3.8) is 0 Å². The number of rotatable bonds is 4. The summed E-state index contributed by atoms with van der Waals surface area (Å²) in [6.45, 7) is 5.47. The van der Waals surface area contributed by atoms with E-state index in [1.54, 1.807) is 6.07 Å². The van der Waals surface area contributed by atoms with Crippen molar-refractivity contribution in [3.8, 4) is 0 Å². The number of esters is 1. The highest BCUT2D eigenvalue weighted by atomic mass is 35.5. The Morgan fingerprint density at radius 2 is 2.00 bits per heavy atom. The SMILES string of the molecule is COC(=O)CC(C)(c1ccc(F)c(Cl)c1)C(C)(C)N. The molecule has 0 fully saturated rings. The Hall–Kier alpha value is -1.13. The van der Waals surface area contributed by atoms with Crippen LogP contribution in [0.5, 0.6) is 0 Å². The Morgan fingerprint density at radius 1 is 1.42 bits per heavy atom. The molecule has 0 aromatic heterocycles. The molecular weight excluding hydrogens is 269 g/mol. The van der Waals surface area contributed by atoms with Crippen LogP contribution in [0, 0.1) is 5.82 Å². The molecule has 1 aromatic rings. The van der Waals surface area contributed by atoms with E-state index >= 15 is 0 Å². The molecule has 2 N–H and O–H groups in total. The molecule has 0 saturated heterocycles. The van der Waals surface area contributed by atoms with Crippen LogP contribution in [0.3, 0.4) is 0 Å². The molecule has 0 aliphatic rings. The molecule has 0 spiro atoms. The predicted molar refractivity (Wildman–Crippen MR) is 73.7 cm³/mol. The summed E-state index contributed by atoms with van der Waals surface area (Å²) in [5.41, 5.74) is 5.48. The molecule has 0 amide bonds. The quantitative estimate of drug-likeness (QED) is 0.866. The van der Waals surface area contributed by atoms with E-state index in [0.29, 0.717) is 5.56 Å². The van der Waals surface area contributed by atoms with Crippen molar-refractivity contribution in [2.24, 2.45) is 5.73 Å². The van der Waals surface area contributed by atoms with Crippen molar-refractivity contribution in [2.45, 2.75) is 38.1 Å². The Morgan fingerprint density at radius 3 is 2.42 bits per heavy atom. The van der Waals surface area contributed by atoms with Crippen molar-refractivity contribution >= 4 is 17.6 Å². The molecule has 0 bridgehead atoms. The van der Waals surface area contributed by atoms with E-state index in [4.69, 9.17) is 22.1 Å². The third-order valence-corrected chi connectivity index (χ3v) is 3.99. The Labute approximate surface area is 117 Å². The number of halogens is 2. The highest BCUT2D eigenvalue weighted by molar-refractivity contribution is 6.30. The fourth-order valence-electron chi connectivity index (χ4n) is 1.90. The van der Waals surface area contributed by atoms with Gasteiger partial charge in [-0.05, 0) is 31.5 Å². The summed E-state index contributed by atoms with van der Waals surface area (Å²) in [7, 11) is 1.32. The fraction of sp³-hybridized carbons (Fsp3) is 0.500. The van der Waals surface area contributed by atoms with Crippen LogP contribution in [0.2, 0.25) is 5.02 Å². The van der Waals surface area contributed by atoms with Crippen LogP contribution in [0.15, 0.2) is 18.2 Å². The molecule has 1 rings (SSSR count). The lowest BCUT2D eigenvalue weighted by molar-refractivity contribution is -0.142. The van der Waals surface area contributed by atoms with Crippen LogP contribution < -0.4 is 5.73 Å². The first kappa shape index (κ1) is 15.9. The standard InChI is InChI=1S/C14H19ClFNO2/c1-13(2,17)14(3,8-12(18)19-4)9-5-6-11(16)10(15)7-9/h5-7H,8,17H2,1-4H3. The number of methoxy groups -OCH3 is 1. The van der Waals surface area contributed by atoms with E-state index < -0.39 is 16.8 Å². The van der Waals surface area contributed by atoms with Gasteiger partial charge in [-0.3, -0.25) is 4.79 Å². The summed E-state index contributed by atoms with van der Waals surface area (Å²) >= 11 is 5.81. The summed E-state index contributed by atoms with van der Waals surface area (Å²) < 4.78 is 18.0. The smallest absolute Gasteiger partial charge is 0.306 e. The van der Waals surface area contributed by atoms with Crippen molar-refractivity contribution in [1.29, 1.82) is 0 Å². The van der Waals surface area contributed by atoms with Crippen LogP contribution in [0.4, 0.5) is 4.39 Å². The molecule has 0 heterocycles. The second kappa shape index (κ2) is 5.47. The fourth-order valence-corrected chi connectivity index (χ4v) is 2.08. The highest BCUT2D eigenvalue weighted by Crippen LogP contribution is 2.38. The van der Waals surface area contributed by atoms with Gasteiger partial charge in [0, 0.05) is 11.0 Å². The molecule has 106 valence electrons. The maximum Gasteiger partial charge on any atom is 0.306 e. The first-order valence-corrected chi connectivity index (χ1v) is 6.31. The molecule has 5 heteroatoms. The number of ether oxygens (including phenoxy) is 1. The second-order valence-electron chi connectivity index (χ2n) is 5.44. The van der Waals surface area contributed by atoms with Crippen LogP contribution in [-0.4, -0.2) is 18.6 Å². The molecule has 19 heavy (non-hydrogen) atoms. The number of benzene rings is 1. The summed E-state index contributed by atoms with van der Waals surface area (Å²) in [5.74, 6) is -0.873. The average molecular weight is 288 g/mol. The number of nitrogens with two attached hydrogens (primary N) is 1. The van der Waals surface area contributed by atoms with E-state index in [2.05, 4.69) is 0 Å². The van der Waals surface area contributed by atoms with Gasteiger partial charge in [0.25, 0.3) is 0 Å². The van der Waals surface area contributed by atoms with Gasteiger partial charge < -0.3 is 10.5 Å². The van der Waals surface area contributed by atoms with Gasteiger partial charge in [-0.1, -0.05) is 24.6 Å². The molecule has 1 aromatic carbocycles. The zero-order chi connectivity index (χ0) is 14.8. The van der Waals surface area contributed by atoms with Crippen LogP contribution >= 0.6 is 11.6 Å². The van der Waals surface area contributed by atoms with Gasteiger partial charge in [0.15, 0.2) is 0 Å². The average Bonchev–Trinajstić information content (AvgIpc) is 2.30. The number of carbonyl (C=O) groups is 1. The maximum atomic E-state index is 13.3. The predicted octanol–water partition coefficient (Wildman–Crippen LogP) is 3.04. The van der Waals surface area contributed by atoms with Gasteiger partial charge in [0.2, 0.25) is 0 Å². The van der Waals surface area contributed by atoms with E-state index in [9.17, 15) is 9.18 Å². The summed E-state index contributed by atoms with van der Waals surface area (Å²) in [4.78, 5) is 11.6. The third kappa shape index (κ3) is 3.25. The largest absolute Gasteiger partial charge is 0.469 e. The summed E-state index contributed by atoms with van der Waals surface area (Å²) in [6, 6.07) is 4.38. The minimum atomic E-state index is -0.711. The molecular formula is C14H19ClFNO2. The van der Waals surface area contributed by atoms with Crippen molar-refractivity contribution in [3.05, 3.63) is 34.6 Å². The number of carbonyl (C=O) groups excluding carboxylic acids is 1. The molecule has 0 radical (unpaired) electrons. The Bertz CT molecular complexity index is 485. The van der Waals surface area contributed by atoms with Crippen molar-refractivity contribution < 1.29 is 13.9 Å². The van der Waals surface area contributed by atoms with Gasteiger partial charge in [-0.15, -0.1) is 0 Å². The van der Waals surface area contributed by atoms with Crippen LogP contribution in [-0.2, 0) is 14.9 Å². The zero-order valence-corrected chi connectivity index (χ0v) is 12.3. The zero-order valence-electron chi connectivity index (χ0n) is 11.6. The normalized spacial score (nSPS) is 14.9. The lowest BCUT2D eigenvalue weighted by atomic mass is 9.66. The van der Waals surface area contributed by atoms with Crippen molar-refractivity contribution in [2.75, 3.05) is 7.11 Å². The van der Waals surface area contributed by atoms with Gasteiger partial charge >= 0.3 is 5.97 Å². The number of hydrogen-bond acceptors (Lipinski definition) is 3. The van der Waals surface area contributed by atoms with Crippen molar-refractivity contribution in [1.82, 2.24) is 0 Å². The van der Waals surface area contributed by atoms with Crippen LogP contribution in [0.25, 0.3) is 0 Å². The molecule has 1 unspecified atom stereocenters. The molecule has 0 aliphatic heterocycles. The number of hydrogen-bond donors (Lipinski definition) is 1. The van der Waals surface area contributed by atoms with Gasteiger partial charge in [-0.2, -0.15) is 0 Å². The van der Waals surface area contributed by atoms with E-state index in [1.807, 2.05) is 20.8 Å². The first-order valence-electron chi connectivity index (χ1n) is 5.93. The Balaban J connectivity index is 3.31. The third-order valence-electron chi connectivity index (χ3n) is 3.70. The van der Waals surface area contributed by atoms with E-state index in [0.717, 1.165) is 0 Å². The van der Waals surface area contributed by atoms with Gasteiger partial charge in [0.1, 0.15) is 5.82 Å². The molecule has 1 atom stereocenters. The second-order valence-corrected chi connectivity index (χ2v) is 5.84. The summed E-state index contributed by atoms with van der Waals surface area (Å²) in [6.07, 6.45) is 0.0922. The van der Waals surface area contributed by atoms with Gasteiger partial charge in [0.05, 0.1) is 18.6 Å². The minimum Gasteiger partial charge on any atom is -0.469 e. The van der Waals surface area contributed by atoms with Gasteiger partial charge in [-0.25, -0.2) is 4.39 Å². The Kier molecular flexibility index (Phi) is 4.59. The van der Waals surface area contributed by atoms with E-state index in [1.165, 1.54) is 19.2 Å². The van der Waals surface area contributed by atoms with Crippen LogP contribution in [0.1, 0.15) is 32.8 Å². The van der Waals surface area contributed by atoms with E-state index in [-0.39, 0.29) is 17.4 Å². The highest BCUT2D eigenvalue weighted by Gasteiger charge is 2.42. The lowest BCUT2D eigenvalue weighted by Gasteiger charge is -2.41. The summed E-state index contributed by atoms with van der Waals surface area (Å²) in [5, 5.41) is 0.0119. The lowest BCUT2D eigenvalue weighted by Crippen LogP contribution is -2.53. The topological polar surface area (TPSA) is 52.3 Å².